The van der Waals surface area contributed by atoms with Crippen LogP contribution in [0.3, 0.4) is 0 Å². The zero-order valence-corrected chi connectivity index (χ0v) is 16.8. The van der Waals surface area contributed by atoms with E-state index in [2.05, 4.69) is 4.74 Å². The van der Waals surface area contributed by atoms with Crippen molar-refractivity contribution in [2.24, 2.45) is 0 Å². The maximum absolute atomic E-state index is 11.9. The molecule has 0 aliphatic rings. The fraction of sp³-hybridized carbons (Fsp3) is 0.300. The molecule has 0 spiro atoms. The fourth-order valence-electron chi connectivity index (χ4n) is 2.52. The van der Waals surface area contributed by atoms with Crippen molar-refractivity contribution in [1.29, 1.82) is 0 Å². The van der Waals surface area contributed by atoms with Gasteiger partial charge in [0, 0.05) is 12.5 Å². The number of carbonyl (C=O) groups excluding carboxylic acids is 2. The third-order valence-electron chi connectivity index (χ3n) is 3.94. The largest absolute Gasteiger partial charge is 0.467 e. The standard InChI is InChI=1S/C20H21NO7S/c1-3-6-17(22)28-14-11-9-13(10-12-14)19(18(23)20(24)27-2)29-16-8-5-4-7-15(16)21(25)26/h4-5,7-12,18-19,23H,3,6H2,1-2H3. The van der Waals surface area contributed by atoms with Crippen molar-refractivity contribution in [3.05, 3.63) is 64.2 Å². The average Bonchev–Trinajstić information content (AvgIpc) is 2.72. The predicted octanol–water partition coefficient (Wildman–Crippen LogP) is 3.67. The van der Waals surface area contributed by atoms with E-state index in [0.717, 1.165) is 18.9 Å². The van der Waals surface area contributed by atoms with Crippen LogP contribution in [-0.4, -0.2) is 35.2 Å². The number of aliphatic hydroxyl groups excluding tert-OH is 1. The van der Waals surface area contributed by atoms with Gasteiger partial charge in [-0.15, -0.1) is 11.8 Å². The van der Waals surface area contributed by atoms with Crippen molar-refractivity contribution in [1.82, 2.24) is 0 Å². The van der Waals surface area contributed by atoms with Gasteiger partial charge in [-0.25, -0.2) is 4.79 Å². The summed E-state index contributed by atoms with van der Waals surface area (Å²) < 4.78 is 9.83. The van der Waals surface area contributed by atoms with Gasteiger partial charge in [-0.1, -0.05) is 31.2 Å². The van der Waals surface area contributed by atoms with Crippen molar-refractivity contribution in [2.45, 2.75) is 36.0 Å². The quantitative estimate of drug-likeness (QED) is 0.215. The molecule has 154 valence electrons. The minimum Gasteiger partial charge on any atom is -0.467 e. The van der Waals surface area contributed by atoms with E-state index in [4.69, 9.17) is 4.74 Å². The van der Waals surface area contributed by atoms with Crippen LogP contribution >= 0.6 is 11.8 Å². The van der Waals surface area contributed by atoms with Crippen molar-refractivity contribution >= 4 is 29.4 Å². The maximum Gasteiger partial charge on any atom is 0.336 e. The first-order valence-corrected chi connectivity index (χ1v) is 9.72. The van der Waals surface area contributed by atoms with Crippen molar-refractivity contribution < 1.29 is 29.1 Å². The third-order valence-corrected chi connectivity index (χ3v) is 5.32. The second-order valence-electron chi connectivity index (χ2n) is 6.02. The SMILES string of the molecule is CCCC(=O)Oc1ccc(C(Sc2ccccc2[N+](=O)[O-])C(O)C(=O)OC)cc1. The molecular weight excluding hydrogens is 398 g/mol. The number of nitro benzene ring substituents is 1. The monoisotopic (exact) mass is 419 g/mol. The van der Waals surface area contributed by atoms with E-state index in [1.165, 1.54) is 12.1 Å². The Labute approximate surface area is 172 Å². The number of hydrogen-bond acceptors (Lipinski definition) is 8. The number of carbonyl (C=O) groups is 2. The fourth-order valence-corrected chi connectivity index (χ4v) is 3.74. The van der Waals surface area contributed by atoms with Gasteiger partial charge in [-0.2, -0.15) is 0 Å². The smallest absolute Gasteiger partial charge is 0.336 e. The minimum absolute atomic E-state index is 0.135. The van der Waals surface area contributed by atoms with Crippen LogP contribution in [-0.2, 0) is 14.3 Å². The summed E-state index contributed by atoms with van der Waals surface area (Å²) in [5, 5.41) is 20.9. The summed E-state index contributed by atoms with van der Waals surface area (Å²) in [6, 6.07) is 12.3. The molecule has 29 heavy (non-hydrogen) atoms. The van der Waals surface area contributed by atoms with Crippen LogP contribution in [0.4, 0.5) is 5.69 Å². The highest BCUT2D eigenvalue weighted by Crippen LogP contribution is 2.42. The number of thioether (sulfide) groups is 1. The lowest BCUT2D eigenvalue weighted by atomic mass is 10.1. The van der Waals surface area contributed by atoms with Gasteiger partial charge in [0.05, 0.1) is 22.2 Å². The Morgan fingerprint density at radius 3 is 2.41 bits per heavy atom. The Kier molecular flexibility index (Phi) is 8.17. The van der Waals surface area contributed by atoms with Crippen LogP contribution < -0.4 is 4.74 Å². The van der Waals surface area contributed by atoms with Gasteiger partial charge >= 0.3 is 11.9 Å². The second kappa shape index (κ2) is 10.6. The summed E-state index contributed by atoms with van der Waals surface area (Å²) in [6.07, 6.45) is -0.603. The van der Waals surface area contributed by atoms with Gasteiger partial charge in [0.25, 0.3) is 5.69 Å². The van der Waals surface area contributed by atoms with E-state index >= 15 is 0 Å². The molecule has 2 aromatic rings. The molecule has 0 fully saturated rings. The van der Waals surface area contributed by atoms with Gasteiger partial charge in [0.15, 0.2) is 6.10 Å². The highest BCUT2D eigenvalue weighted by atomic mass is 32.2. The van der Waals surface area contributed by atoms with E-state index < -0.39 is 22.2 Å². The molecule has 0 aliphatic heterocycles. The Morgan fingerprint density at radius 1 is 1.17 bits per heavy atom. The molecule has 2 aromatic carbocycles. The lowest BCUT2D eigenvalue weighted by Crippen LogP contribution is -2.27. The zero-order chi connectivity index (χ0) is 21.4. The molecule has 0 amide bonds. The van der Waals surface area contributed by atoms with Crippen LogP contribution in [0.25, 0.3) is 0 Å². The Morgan fingerprint density at radius 2 is 1.83 bits per heavy atom. The van der Waals surface area contributed by atoms with Crippen LogP contribution in [0.1, 0.15) is 30.6 Å². The maximum atomic E-state index is 11.9. The second-order valence-corrected chi connectivity index (χ2v) is 7.21. The van der Waals surface area contributed by atoms with Gasteiger partial charge in [0.1, 0.15) is 5.75 Å². The van der Waals surface area contributed by atoms with E-state index in [0.29, 0.717) is 29.1 Å². The van der Waals surface area contributed by atoms with Gasteiger partial charge in [0.2, 0.25) is 0 Å². The minimum atomic E-state index is -1.56. The van der Waals surface area contributed by atoms with Crippen LogP contribution in [0.15, 0.2) is 53.4 Å². The van der Waals surface area contributed by atoms with Crippen molar-refractivity contribution in [3.8, 4) is 5.75 Å². The highest BCUT2D eigenvalue weighted by molar-refractivity contribution is 7.99. The zero-order valence-electron chi connectivity index (χ0n) is 15.9. The molecule has 0 bridgehead atoms. The summed E-state index contributed by atoms with van der Waals surface area (Å²) in [5.41, 5.74) is 0.381. The molecule has 2 rings (SSSR count). The number of para-hydroxylation sites is 1. The molecule has 9 heteroatoms. The van der Waals surface area contributed by atoms with Crippen LogP contribution in [0.5, 0.6) is 5.75 Å². The van der Waals surface area contributed by atoms with Gasteiger partial charge in [-0.05, 0) is 30.2 Å². The summed E-state index contributed by atoms with van der Waals surface area (Å²) in [4.78, 5) is 34.6. The summed E-state index contributed by atoms with van der Waals surface area (Å²) in [5.74, 6) is -0.894. The Bertz CT molecular complexity index is 869. The Balaban J connectivity index is 2.33. The molecular formula is C20H21NO7S. The lowest BCUT2D eigenvalue weighted by molar-refractivity contribution is -0.387. The van der Waals surface area contributed by atoms with Crippen LogP contribution in [0.2, 0.25) is 0 Å². The van der Waals surface area contributed by atoms with Crippen molar-refractivity contribution in [2.75, 3.05) is 7.11 Å². The first-order chi connectivity index (χ1) is 13.9. The number of rotatable bonds is 9. The molecule has 0 aromatic heterocycles. The molecule has 0 heterocycles. The molecule has 1 N–H and O–H groups in total. The number of nitro groups is 1. The number of methoxy groups -OCH3 is 1. The molecule has 0 saturated carbocycles. The van der Waals surface area contributed by atoms with Gasteiger partial charge in [-0.3, -0.25) is 14.9 Å². The molecule has 8 nitrogen and oxygen atoms in total. The third kappa shape index (κ3) is 6.03. The topological polar surface area (TPSA) is 116 Å². The summed E-state index contributed by atoms with van der Waals surface area (Å²) >= 11 is 0.976. The number of benzene rings is 2. The lowest BCUT2D eigenvalue weighted by Gasteiger charge is -2.21. The predicted molar refractivity (Wildman–Crippen MR) is 107 cm³/mol. The average molecular weight is 419 g/mol. The molecule has 2 unspecified atom stereocenters. The number of hydrogen-bond donors (Lipinski definition) is 1. The normalized spacial score (nSPS) is 12.7. The van der Waals surface area contributed by atoms with Crippen molar-refractivity contribution in [3.63, 3.8) is 0 Å². The number of nitrogens with zero attached hydrogens (tertiary/aromatic N) is 1. The van der Waals surface area contributed by atoms with E-state index in [1.807, 2.05) is 6.92 Å². The van der Waals surface area contributed by atoms with E-state index in [-0.39, 0.29) is 11.7 Å². The number of esters is 2. The summed E-state index contributed by atoms with van der Waals surface area (Å²) in [7, 11) is 1.15. The van der Waals surface area contributed by atoms with E-state index in [9.17, 15) is 24.8 Å². The number of aliphatic hydroxyl groups is 1. The first-order valence-electron chi connectivity index (χ1n) is 8.84. The molecule has 0 saturated heterocycles. The first kappa shape index (κ1) is 22.4. The molecule has 0 aliphatic carbocycles. The Hall–Kier alpha value is -2.91. The van der Waals surface area contributed by atoms with Gasteiger partial charge < -0.3 is 14.6 Å². The molecule has 0 radical (unpaired) electrons. The highest BCUT2D eigenvalue weighted by Gasteiger charge is 2.31. The molecule has 2 atom stereocenters. The number of ether oxygens (including phenoxy) is 2. The van der Waals surface area contributed by atoms with E-state index in [1.54, 1.807) is 36.4 Å². The summed E-state index contributed by atoms with van der Waals surface area (Å²) in [6.45, 7) is 1.86. The van der Waals surface area contributed by atoms with Crippen LogP contribution in [0, 0.1) is 10.1 Å².